The van der Waals surface area contributed by atoms with Gasteiger partial charge in [0.25, 0.3) is 0 Å². The van der Waals surface area contributed by atoms with Crippen LogP contribution in [0.3, 0.4) is 0 Å². The number of hydrogen-bond acceptors (Lipinski definition) is 0. The molecule has 0 saturated carbocycles. The maximum atomic E-state index is 5.20. The summed E-state index contributed by atoms with van der Waals surface area (Å²) >= 11 is 10.4. The third-order valence-corrected chi connectivity index (χ3v) is 0. The van der Waals surface area contributed by atoms with Crippen molar-refractivity contribution in [2.45, 2.75) is 0 Å². The van der Waals surface area contributed by atoms with Crippen molar-refractivity contribution in [3.05, 3.63) is 0 Å². The Balaban J connectivity index is 0. The molecule has 0 nitrogen and oxygen atoms in total. The largest absolute Gasteiger partial charge is 0.247 e. The molecule has 0 rings (SSSR count). The van der Waals surface area contributed by atoms with E-state index in [-0.39, 0.29) is 17.6 Å². The van der Waals surface area contributed by atoms with Crippen LogP contribution in [0.2, 0.25) is 0 Å². The molecule has 0 aromatic carbocycles. The molecule has 0 N–H and O–H groups in total. The summed E-state index contributed by atoms with van der Waals surface area (Å²) in [6.07, 6.45) is 0. The minimum Gasteiger partial charge on any atom is -0.152 e. The molecule has 0 unspecified atom stereocenters. The van der Waals surface area contributed by atoms with Gasteiger partial charge in [-0.25, -0.2) is 0 Å². The molecule has 0 bridgehead atoms. The van der Waals surface area contributed by atoms with Crippen molar-refractivity contribution >= 4 is 56.4 Å². The van der Waals surface area contributed by atoms with Gasteiger partial charge in [0.05, 0.1) is 0 Å². The van der Waals surface area contributed by atoms with Crippen LogP contribution in [-0.4, -0.2) is 34.3 Å². The molecule has 2 radical (unpaired) electrons. The summed E-state index contributed by atoms with van der Waals surface area (Å²) in [7, 11) is 0.981. The Morgan fingerprint density at radius 1 is 1.40 bits per heavy atom. The van der Waals surface area contributed by atoms with Crippen LogP contribution >= 0.6 is 22.2 Å². The first-order chi connectivity index (χ1) is 1.73. The van der Waals surface area contributed by atoms with E-state index in [1.54, 1.807) is 0 Å². The van der Waals surface area contributed by atoms with Crippen molar-refractivity contribution in [2.75, 3.05) is 0 Å². The van der Waals surface area contributed by atoms with E-state index in [1.807, 2.05) is 0 Å². The molecular formula is H6Cl2GeSi2. The summed E-state index contributed by atoms with van der Waals surface area (Å²) in [6, 6.07) is 0. The first kappa shape index (κ1) is 9.75. The van der Waals surface area contributed by atoms with Crippen LogP contribution in [0.25, 0.3) is 0 Å². The van der Waals surface area contributed by atoms with Crippen molar-refractivity contribution in [2.24, 2.45) is 0 Å². The first-order valence-electron chi connectivity index (χ1n) is 0.878. The Morgan fingerprint density at radius 3 is 1.40 bits per heavy atom. The van der Waals surface area contributed by atoms with Crippen LogP contribution in [0.15, 0.2) is 0 Å². The molecule has 5 heteroatoms. The van der Waals surface area contributed by atoms with Crippen molar-refractivity contribution in [3.8, 4) is 0 Å². The number of halogens is 2. The van der Waals surface area contributed by atoms with Gasteiger partial charge in [-0.15, -0.1) is 0 Å². The fourth-order valence-electron chi connectivity index (χ4n) is 0. The molecule has 0 heterocycles. The van der Waals surface area contributed by atoms with Gasteiger partial charge in [0.1, 0.15) is 0 Å². The molecular weight excluding hydrogens is 200 g/mol. The van der Waals surface area contributed by atoms with Gasteiger partial charge in [-0.2, -0.15) is 22.2 Å². The van der Waals surface area contributed by atoms with Crippen molar-refractivity contribution in [1.82, 2.24) is 0 Å². The standard InChI is InChI=1S/Cl2H3Si2.GeH3/c1-4(2)3;/h3H3;1H3. The maximum Gasteiger partial charge on any atom is 0.247 e. The van der Waals surface area contributed by atoms with E-state index >= 15 is 0 Å². The van der Waals surface area contributed by atoms with Gasteiger partial charge in [-0.05, 0) is 0 Å². The molecule has 32 valence electrons. The van der Waals surface area contributed by atoms with Gasteiger partial charge in [0.15, 0.2) is 0 Å². The van der Waals surface area contributed by atoms with Crippen molar-refractivity contribution in [1.29, 1.82) is 0 Å². The molecule has 5 heavy (non-hydrogen) atoms. The Morgan fingerprint density at radius 2 is 1.40 bits per heavy atom. The predicted octanol–water partition coefficient (Wildman–Crippen LogP) is -1.37. The van der Waals surface area contributed by atoms with Crippen LogP contribution in [0.5, 0.6) is 0 Å². The number of rotatable bonds is 0. The Hall–Kier alpha value is 1.56. The zero-order chi connectivity index (χ0) is 3.58. The molecule has 0 aliphatic heterocycles. The van der Waals surface area contributed by atoms with Gasteiger partial charge >= 0.3 is 17.6 Å². The second-order valence-corrected chi connectivity index (χ2v) is 12.1. The molecule has 0 aliphatic rings. The molecule has 0 amide bonds. The van der Waals surface area contributed by atoms with Crippen LogP contribution in [0, 0.1) is 0 Å². The first-order valence-corrected chi connectivity index (χ1v) is 7.90. The van der Waals surface area contributed by atoms with E-state index < -0.39 is 6.93 Å². The minimum absolute atomic E-state index is 0. The molecule has 0 aliphatic carbocycles. The van der Waals surface area contributed by atoms with Crippen LogP contribution in [0.1, 0.15) is 0 Å². The second kappa shape index (κ2) is 5.56. The molecule has 0 aromatic rings. The Kier molecular flexibility index (Phi) is 10.8. The van der Waals surface area contributed by atoms with E-state index in [4.69, 9.17) is 22.2 Å². The third-order valence-electron chi connectivity index (χ3n) is 0. The fourth-order valence-corrected chi connectivity index (χ4v) is 0. The molecule has 0 saturated heterocycles. The number of hydrogen-bond donors (Lipinski definition) is 0. The SMILES string of the molecule is [GeH3].[SiH3][Si](Cl)Cl. The summed E-state index contributed by atoms with van der Waals surface area (Å²) in [5.74, 6) is 0. The van der Waals surface area contributed by atoms with Gasteiger partial charge in [0, 0.05) is 9.76 Å². The second-order valence-electron chi connectivity index (χ2n) is 0.449. The topological polar surface area (TPSA) is 0 Å². The fraction of sp³-hybridized carbons (Fsp3) is 0. The zero-order valence-corrected chi connectivity index (χ0v) is 12.0. The molecule has 0 fully saturated rings. The van der Waals surface area contributed by atoms with Gasteiger partial charge in [0.2, 0.25) is 6.93 Å². The van der Waals surface area contributed by atoms with Crippen LogP contribution in [0.4, 0.5) is 0 Å². The van der Waals surface area contributed by atoms with Crippen LogP contribution < -0.4 is 0 Å². The van der Waals surface area contributed by atoms with Gasteiger partial charge in [-0.3, -0.25) is 0 Å². The molecule has 0 atom stereocenters. The molecule has 0 aromatic heterocycles. The Bertz CT molecular complexity index is 12.4. The van der Waals surface area contributed by atoms with Crippen LogP contribution in [-0.2, 0) is 0 Å². The summed E-state index contributed by atoms with van der Waals surface area (Å²) in [6.45, 7) is -0.796. The summed E-state index contributed by atoms with van der Waals surface area (Å²) in [5.41, 5.74) is 0. The summed E-state index contributed by atoms with van der Waals surface area (Å²) < 4.78 is 0. The monoisotopic (exact) mass is 206 g/mol. The summed E-state index contributed by atoms with van der Waals surface area (Å²) in [4.78, 5) is 0. The predicted molar refractivity (Wildman–Crippen MR) is 37.3 cm³/mol. The van der Waals surface area contributed by atoms with Crippen molar-refractivity contribution < 1.29 is 0 Å². The summed E-state index contributed by atoms with van der Waals surface area (Å²) in [5, 5.41) is 0. The van der Waals surface area contributed by atoms with E-state index in [0.717, 1.165) is 9.76 Å². The van der Waals surface area contributed by atoms with E-state index in [2.05, 4.69) is 0 Å². The van der Waals surface area contributed by atoms with E-state index in [1.165, 1.54) is 0 Å². The smallest absolute Gasteiger partial charge is 0.152 e. The van der Waals surface area contributed by atoms with E-state index in [0.29, 0.717) is 0 Å². The average Bonchev–Trinajstić information content (AvgIpc) is 0.811. The van der Waals surface area contributed by atoms with Gasteiger partial charge in [-0.1, -0.05) is 0 Å². The normalized spacial score (nSPS) is 7.80. The average molecular weight is 206 g/mol. The van der Waals surface area contributed by atoms with Gasteiger partial charge < -0.3 is 0 Å². The van der Waals surface area contributed by atoms with E-state index in [9.17, 15) is 0 Å². The Labute approximate surface area is 56.4 Å². The quantitative estimate of drug-likeness (QED) is 0.338. The zero-order valence-electron chi connectivity index (χ0n) is 3.26. The maximum absolute atomic E-state index is 5.20. The minimum atomic E-state index is -0.796. The van der Waals surface area contributed by atoms with Crippen molar-refractivity contribution in [3.63, 3.8) is 0 Å². The third kappa shape index (κ3) is 29.0. The molecule has 0 spiro atoms.